The molecule has 0 aliphatic rings. The Labute approximate surface area is 102 Å². The Morgan fingerprint density at radius 1 is 1.53 bits per heavy atom. The molecule has 0 saturated heterocycles. The fourth-order valence-electron chi connectivity index (χ4n) is 1.88. The van der Waals surface area contributed by atoms with Crippen molar-refractivity contribution in [3.63, 3.8) is 0 Å². The molecule has 0 aliphatic carbocycles. The molecule has 1 aromatic carbocycles. The van der Waals surface area contributed by atoms with E-state index in [1.54, 1.807) is 0 Å². The summed E-state index contributed by atoms with van der Waals surface area (Å²) in [6.07, 6.45) is 0.328. The lowest BCUT2D eigenvalue weighted by molar-refractivity contribution is -0.141. The molecule has 4 heteroatoms. The predicted octanol–water partition coefficient (Wildman–Crippen LogP) is 1.79. The van der Waals surface area contributed by atoms with Crippen molar-refractivity contribution in [1.82, 2.24) is 5.32 Å². The number of methoxy groups -OCH3 is 1. The summed E-state index contributed by atoms with van der Waals surface area (Å²) in [5.41, 5.74) is 8.63. The van der Waals surface area contributed by atoms with Gasteiger partial charge in [0.1, 0.15) is 0 Å². The first-order valence-corrected chi connectivity index (χ1v) is 5.74. The maximum atomic E-state index is 11.4. The summed E-state index contributed by atoms with van der Waals surface area (Å²) in [5, 5.41) is 3.28. The minimum Gasteiger partial charge on any atom is -0.469 e. The summed E-state index contributed by atoms with van der Waals surface area (Å²) >= 11 is 0. The Hall–Kier alpha value is -1.55. The largest absolute Gasteiger partial charge is 0.469 e. The molecule has 1 atom stereocenters. The molecule has 1 aromatic rings. The molecule has 0 radical (unpaired) electrons. The third-order valence-electron chi connectivity index (χ3n) is 2.72. The van der Waals surface area contributed by atoms with E-state index in [4.69, 9.17) is 10.5 Å². The number of esters is 1. The second-order valence-electron chi connectivity index (χ2n) is 4.01. The zero-order chi connectivity index (χ0) is 12.8. The summed E-state index contributed by atoms with van der Waals surface area (Å²) in [6, 6.07) is 5.70. The average molecular weight is 236 g/mol. The zero-order valence-corrected chi connectivity index (χ0v) is 10.6. The SMILES string of the molecule is CCNC(CC(=O)OC)c1ccc(N)cc1C. The molecule has 17 heavy (non-hydrogen) atoms. The minimum atomic E-state index is -0.216. The summed E-state index contributed by atoms with van der Waals surface area (Å²) < 4.78 is 4.71. The first-order valence-electron chi connectivity index (χ1n) is 5.74. The number of rotatable bonds is 5. The number of hydrogen-bond donors (Lipinski definition) is 2. The van der Waals surface area contributed by atoms with Crippen LogP contribution in [0.25, 0.3) is 0 Å². The topological polar surface area (TPSA) is 64.3 Å². The standard InChI is InChI=1S/C13H20N2O2/c1-4-15-12(8-13(16)17-3)11-6-5-10(14)7-9(11)2/h5-7,12,15H,4,8,14H2,1-3H3. The van der Waals surface area contributed by atoms with E-state index in [2.05, 4.69) is 5.32 Å². The average Bonchev–Trinajstić information content (AvgIpc) is 2.28. The van der Waals surface area contributed by atoms with Gasteiger partial charge >= 0.3 is 5.97 Å². The van der Waals surface area contributed by atoms with Gasteiger partial charge in [0.25, 0.3) is 0 Å². The molecule has 0 heterocycles. The maximum absolute atomic E-state index is 11.4. The van der Waals surface area contributed by atoms with Gasteiger partial charge < -0.3 is 15.8 Å². The molecule has 0 fully saturated rings. The van der Waals surface area contributed by atoms with Crippen LogP contribution in [0, 0.1) is 6.92 Å². The number of hydrogen-bond acceptors (Lipinski definition) is 4. The van der Waals surface area contributed by atoms with Crippen LogP contribution in [-0.4, -0.2) is 19.6 Å². The van der Waals surface area contributed by atoms with Crippen molar-refractivity contribution in [2.45, 2.75) is 26.3 Å². The zero-order valence-electron chi connectivity index (χ0n) is 10.6. The van der Waals surface area contributed by atoms with Crippen molar-refractivity contribution in [1.29, 1.82) is 0 Å². The molecule has 0 bridgehead atoms. The Morgan fingerprint density at radius 2 is 2.24 bits per heavy atom. The van der Waals surface area contributed by atoms with Crippen molar-refractivity contribution < 1.29 is 9.53 Å². The van der Waals surface area contributed by atoms with Gasteiger partial charge in [-0.3, -0.25) is 4.79 Å². The number of aryl methyl sites for hydroxylation is 1. The van der Waals surface area contributed by atoms with E-state index in [0.29, 0.717) is 6.42 Å². The van der Waals surface area contributed by atoms with Gasteiger partial charge in [0.15, 0.2) is 0 Å². The number of ether oxygens (including phenoxy) is 1. The van der Waals surface area contributed by atoms with E-state index in [1.807, 2.05) is 32.0 Å². The van der Waals surface area contributed by atoms with Crippen LogP contribution in [0.3, 0.4) is 0 Å². The fraction of sp³-hybridized carbons (Fsp3) is 0.462. The summed E-state index contributed by atoms with van der Waals surface area (Å²) in [7, 11) is 1.40. The molecular formula is C13H20N2O2. The number of carbonyl (C=O) groups excluding carboxylic acids is 1. The van der Waals surface area contributed by atoms with Gasteiger partial charge in [-0.2, -0.15) is 0 Å². The van der Waals surface area contributed by atoms with E-state index >= 15 is 0 Å². The molecule has 0 saturated carbocycles. The third-order valence-corrected chi connectivity index (χ3v) is 2.72. The number of carbonyl (C=O) groups is 1. The van der Waals surface area contributed by atoms with Gasteiger partial charge in [-0.25, -0.2) is 0 Å². The van der Waals surface area contributed by atoms with Crippen LogP contribution >= 0.6 is 0 Å². The van der Waals surface area contributed by atoms with Crippen LogP contribution in [-0.2, 0) is 9.53 Å². The molecule has 0 amide bonds. The monoisotopic (exact) mass is 236 g/mol. The van der Waals surface area contributed by atoms with Gasteiger partial charge in [-0.05, 0) is 36.7 Å². The van der Waals surface area contributed by atoms with Gasteiger partial charge in [0.05, 0.1) is 13.5 Å². The van der Waals surface area contributed by atoms with E-state index in [9.17, 15) is 4.79 Å². The van der Waals surface area contributed by atoms with Gasteiger partial charge in [-0.1, -0.05) is 13.0 Å². The first-order chi connectivity index (χ1) is 8.08. The van der Waals surface area contributed by atoms with Gasteiger partial charge in [0.2, 0.25) is 0 Å². The maximum Gasteiger partial charge on any atom is 0.307 e. The quantitative estimate of drug-likeness (QED) is 0.604. The second-order valence-corrected chi connectivity index (χ2v) is 4.01. The lowest BCUT2D eigenvalue weighted by atomic mass is 9.98. The van der Waals surface area contributed by atoms with Gasteiger partial charge in [-0.15, -0.1) is 0 Å². The highest BCUT2D eigenvalue weighted by atomic mass is 16.5. The van der Waals surface area contributed by atoms with Crippen molar-refractivity contribution in [2.24, 2.45) is 0 Å². The normalized spacial score (nSPS) is 12.2. The van der Waals surface area contributed by atoms with Crippen molar-refractivity contribution in [3.05, 3.63) is 29.3 Å². The van der Waals surface area contributed by atoms with Crippen LogP contribution in [0.1, 0.15) is 30.5 Å². The molecular weight excluding hydrogens is 216 g/mol. The van der Waals surface area contributed by atoms with Crippen LogP contribution in [0.2, 0.25) is 0 Å². The van der Waals surface area contributed by atoms with E-state index in [0.717, 1.165) is 23.4 Å². The van der Waals surface area contributed by atoms with Crippen LogP contribution in [0.15, 0.2) is 18.2 Å². The first kappa shape index (κ1) is 13.5. The van der Waals surface area contributed by atoms with E-state index in [1.165, 1.54) is 7.11 Å². The molecule has 0 spiro atoms. The van der Waals surface area contributed by atoms with Crippen molar-refractivity contribution >= 4 is 11.7 Å². The minimum absolute atomic E-state index is 0.0203. The highest BCUT2D eigenvalue weighted by molar-refractivity contribution is 5.70. The predicted molar refractivity (Wildman–Crippen MR) is 68.6 cm³/mol. The highest BCUT2D eigenvalue weighted by Crippen LogP contribution is 2.23. The number of anilines is 1. The highest BCUT2D eigenvalue weighted by Gasteiger charge is 2.17. The molecule has 0 aliphatic heterocycles. The molecule has 1 unspecified atom stereocenters. The Balaban J connectivity index is 2.92. The number of nitrogens with two attached hydrogens (primary N) is 1. The van der Waals surface area contributed by atoms with Crippen LogP contribution in [0.4, 0.5) is 5.69 Å². The smallest absolute Gasteiger partial charge is 0.307 e. The summed E-state index contributed by atoms with van der Waals surface area (Å²) in [4.78, 5) is 11.4. The van der Waals surface area contributed by atoms with Crippen molar-refractivity contribution in [2.75, 3.05) is 19.4 Å². The van der Waals surface area contributed by atoms with Crippen molar-refractivity contribution in [3.8, 4) is 0 Å². The molecule has 94 valence electrons. The van der Waals surface area contributed by atoms with E-state index in [-0.39, 0.29) is 12.0 Å². The molecule has 1 rings (SSSR count). The fourth-order valence-corrected chi connectivity index (χ4v) is 1.88. The Kier molecular flexibility index (Phi) is 4.97. The molecule has 4 nitrogen and oxygen atoms in total. The van der Waals surface area contributed by atoms with Crippen LogP contribution in [0.5, 0.6) is 0 Å². The lowest BCUT2D eigenvalue weighted by Gasteiger charge is -2.19. The van der Waals surface area contributed by atoms with E-state index < -0.39 is 0 Å². The summed E-state index contributed by atoms with van der Waals surface area (Å²) in [6.45, 7) is 4.80. The number of nitrogens with one attached hydrogen (secondary N) is 1. The Morgan fingerprint density at radius 3 is 2.76 bits per heavy atom. The van der Waals surface area contributed by atoms with Gasteiger partial charge in [0, 0.05) is 11.7 Å². The molecule has 0 aromatic heterocycles. The third kappa shape index (κ3) is 3.75. The van der Waals surface area contributed by atoms with Crippen LogP contribution < -0.4 is 11.1 Å². The molecule has 3 N–H and O–H groups in total. The second kappa shape index (κ2) is 6.25. The summed E-state index contributed by atoms with van der Waals surface area (Å²) in [5.74, 6) is -0.216. The number of nitrogen functional groups attached to an aromatic ring is 1. The lowest BCUT2D eigenvalue weighted by Crippen LogP contribution is -2.24. The number of benzene rings is 1. The Bertz CT molecular complexity index is 391.